The number of alkyl halides is 3. The van der Waals surface area contributed by atoms with Crippen LogP contribution in [-0.4, -0.2) is 9.78 Å². The molecule has 124 valence electrons. The van der Waals surface area contributed by atoms with Crippen molar-refractivity contribution in [1.82, 2.24) is 9.78 Å². The quantitative estimate of drug-likeness (QED) is 0.527. The van der Waals surface area contributed by atoms with Crippen molar-refractivity contribution in [2.75, 3.05) is 0 Å². The Bertz CT molecular complexity index is 884. The molecule has 0 bridgehead atoms. The molecule has 0 saturated heterocycles. The predicted octanol–water partition coefficient (Wildman–Crippen LogP) is 6.17. The summed E-state index contributed by atoms with van der Waals surface area (Å²) in [7, 11) is 0. The van der Waals surface area contributed by atoms with E-state index >= 15 is 0 Å². The second kappa shape index (κ2) is 6.15. The molecule has 0 aliphatic heterocycles. The highest BCUT2D eigenvalue weighted by atomic mass is 35.5. The Kier molecular flexibility index (Phi) is 4.32. The van der Waals surface area contributed by atoms with Gasteiger partial charge in [-0.1, -0.05) is 53.0 Å². The van der Waals surface area contributed by atoms with Crippen molar-refractivity contribution >= 4 is 23.2 Å². The van der Waals surface area contributed by atoms with E-state index in [4.69, 9.17) is 23.2 Å². The Morgan fingerprint density at radius 1 is 0.917 bits per heavy atom. The van der Waals surface area contributed by atoms with Crippen LogP contribution in [0.2, 0.25) is 10.0 Å². The smallest absolute Gasteiger partial charge is 0.232 e. The summed E-state index contributed by atoms with van der Waals surface area (Å²) in [6.45, 7) is 1.90. The third-order valence-corrected chi connectivity index (χ3v) is 4.23. The molecule has 0 spiro atoms. The van der Waals surface area contributed by atoms with Gasteiger partial charge in [-0.05, 0) is 31.2 Å². The summed E-state index contributed by atoms with van der Waals surface area (Å²) in [6.07, 6.45) is -4.54. The summed E-state index contributed by atoms with van der Waals surface area (Å²) in [5, 5.41) is 4.27. The first kappa shape index (κ1) is 16.9. The summed E-state index contributed by atoms with van der Waals surface area (Å²) in [5.41, 5.74) is 1.38. The molecule has 24 heavy (non-hydrogen) atoms. The number of hydrogen-bond acceptors (Lipinski definition) is 1. The highest BCUT2D eigenvalue weighted by Gasteiger charge is 2.35. The lowest BCUT2D eigenvalue weighted by molar-refractivity contribution is -0.141. The predicted molar refractivity (Wildman–Crippen MR) is 88.8 cm³/mol. The Hall–Kier alpha value is -1.98. The molecule has 0 aliphatic rings. The van der Waals surface area contributed by atoms with Gasteiger partial charge in [0.2, 0.25) is 0 Å². The lowest BCUT2D eigenvalue weighted by Crippen LogP contribution is -2.07. The summed E-state index contributed by atoms with van der Waals surface area (Å²) in [5.74, 6) is 0. The van der Waals surface area contributed by atoms with Crippen LogP contribution in [0.4, 0.5) is 13.2 Å². The highest BCUT2D eigenvalue weighted by molar-refractivity contribution is 6.42. The van der Waals surface area contributed by atoms with Gasteiger partial charge in [0.05, 0.1) is 21.4 Å². The molecule has 0 amide bonds. The second-order valence-corrected chi connectivity index (χ2v) is 6.10. The number of hydrogen-bond donors (Lipinski definition) is 0. The Balaban J connectivity index is 2.21. The fourth-order valence-electron chi connectivity index (χ4n) is 2.26. The lowest BCUT2D eigenvalue weighted by atomic mass is 10.1. The summed E-state index contributed by atoms with van der Waals surface area (Å²) in [4.78, 5) is 0. The molecule has 7 heteroatoms. The van der Waals surface area contributed by atoms with Gasteiger partial charge in [-0.25, -0.2) is 4.68 Å². The average molecular weight is 371 g/mol. The number of nitrogens with zero attached hydrogens (tertiary/aromatic N) is 2. The van der Waals surface area contributed by atoms with E-state index in [2.05, 4.69) is 5.10 Å². The van der Waals surface area contributed by atoms with Gasteiger partial charge in [0.15, 0.2) is 5.69 Å². The maximum absolute atomic E-state index is 13.1. The van der Waals surface area contributed by atoms with Crippen LogP contribution >= 0.6 is 23.2 Å². The summed E-state index contributed by atoms with van der Waals surface area (Å²) >= 11 is 11.9. The SMILES string of the molecule is Cc1ccc(-c2cc(C(F)(F)F)nn2-c2ccc(Cl)c(Cl)c2)cc1. The first-order valence-corrected chi connectivity index (χ1v) is 7.71. The monoisotopic (exact) mass is 370 g/mol. The zero-order valence-corrected chi connectivity index (χ0v) is 13.9. The first-order valence-electron chi connectivity index (χ1n) is 6.95. The number of benzene rings is 2. The topological polar surface area (TPSA) is 17.8 Å². The largest absolute Gasteiger partial charge is 0.435 e. The fourth-order valence-corrected chi connectivity index (χ4v) is 2.56. The lowest BCUT2D eigenvalue weighted by Gasteiger charge is -2.09. The molecule has 0 N–H and O–H groups in total. The number of aromatic nitrogens is 2. The maximum atomic E-state index is 13.1. The molecule has 0 unspecified atom stereocenters. The highest BCUT2D eigenvalue weighted by Crippen LogP contribution is 2.34. The number of rotatable bonds is 2. The molecule has 0 fully saturated rings. The molecule has 2 aromatic carbocycles. The summed E-state index contributed by atoms with van der Waals surface area (Å²) in [6, 6.07) is 12.7. The van der Waals surface area contributed by atoms with E-state index in [1.54, 1.807) is 18.2 Å². The zero-order valence-electron chi connectivity index (χ0n) is 12.4. The average Bonchev–Trinajstić information content (AvgIpc) is 2.96. The Morgan fingerprint density at radius 3 is 2.17 bits per heavy atom. The van der Waals surface area contributed by atoms with Crippen molar-refractivity contribution in [3.63, 3.8) is 0 Å². The molecule has 0 radical (unpaired) electrons. The molecule has 0 aliphatic carbocycles. The van der Waals surface area contributed by atoms with Crippen LogP contribution < -0.4 is 0 Å². The van der Waals surface area contributed by atoms with Crippen LogP contribution in [0, 0.1) is 6.92 Å². The van der Waals surface area contributed by atoms with E-state index in [1.165, 1.54) is 16.8 Å². The van der Waals surface area contributed by atoms with E-state index in [-0.39, 0.29) is 5.02 Å². The molecular weight excluding hydrogens is 360 g/mol. The molecular formula is C17H11Cl2F3N2. The van der Waals surface area contributed by atoms with Gasteiger partial charge in [0.1, 0.15) is 0 Å². The molecule has 2 nitrogen and oxygen atoms in total. The minimum Gasteiger partial charge on any atom is -0.232 e. The van der Waals surface area contributed by atoms with E-state index in [9.17, 15) is 13.2 Å². The molecule has 0 atom stereocenters. The summed E-state index contributed by atoms with van der Waals surface area (Å²) < 4.78 is 40.5. The Morgan fingerprint density at radius 2 is 1.58 bits per heavy atom. The minimum absolute atomic E-state index is 0.244. The molecule has 3 aromatic rings. The van der Waals surface area contributed by atoms with Gasteiger partial charge in [-0.2, -0.15) is 18.3 Å². The van der Waals surface area contributed by atoms with E-state index in [0.717, 1.165) is 11.6 Å². The van der Waals surface area contributed by atoms with Gasteiger partial charge < -0.3 is 0 Å². The van der Waals surface area contributed by atoms with Crippen molar-refractivity contribution < 1.29 is 13.2 Å². The number of halogens is 5. The van der Waals surface area contributed by atoms with Gasteiger partial charge in [-0.15, -0.1) is 0 Å². The zero-order chi connectivity index (χ0) is 17.5. The van der Waals surface area contributed by atoms with Crippen LogP contribution in [0.25, 0.3) is 16.9 Å². The fraction of sp³-hybridized carbons (Fsp3) is 0.118. The van der Waals surface area contributed by atoms with Crippen LogP contribution in [0.15, 0.2) is 48.5 Å². The first-order chi connectivity index (χ1) is 11.3. The van der Waals surface area contributed by atoms with E-state index < -0.39 is 11.9 Å². The van der Waals surface area contributed by atoms with Crippen LogP contribution in [0.1, 0.15) is 11.3 Å². The third kappa shape index (κ3) is 3.28. The van der Waals surface area contributed by atoms with Gasteiger partial charge in [0.25, 0.3) is 0 Å². The minimum atomic E-state index is -4.54. The van der Waals surface area contributed by atoms with Crippen LogP contribution in [0.3, 0.4) is 0 Å². The van der Waals surface area contributed by atoms with Crippen LogP contribution in [0.5, 0.6) is 0 Å². The van der Waals surface area contributed by atoms with Crippen molar-refractivity contribution in [1.29, 1.82) is 0 Å². The maximum Gasteiger partial charge on any atom is 0.435 e. The van der Waals surface area contributed by atoms with Crippen LogP contribution in [-0.2, 0) is 6.18 Å². The van der Waals surface area contributed by atoms with Gasteiger partial charge in [-0.3, -0.25) is 0 Å². The normalized spacial score (nSPS) is 11.8. The van der Waals surface area contributed by atoms with Crippen molar-refractivity contribution in [2.24, 2.45) is 0 Å². The second-order valence-electron chi connectivity index (χ2n) is 5.29. The molecule has 0 saturated carbocycles. The number of aryl methyl sites for hydroxylation is 1. The molecule has 1 aromatic heterocycles. The van der Waals surface area contributed by atoms with Gasteiger partial charge in [0, 0.05) is 5.56 Å². The van der Waals surface area contributed by atoms with Crippen molar-refractivity contribution in [3.05, 3.63) is 69.8 Å². The molecule has 1 heterocycles. The van der Waals surface area contributed by atoms with E-state index in [1.807, 2.05) is 19.1 Å². The molecule has 3 rings (SSSR count). The Labute approximate surface area is 146 Å². The standard InChI is InChI=1S/C17H11Cl2F3N2/c1-10-2-4-11(5-3-10)15-9-16(17(20,21)22)23-24(15)12-6-7-13(18)14(19)8-12/h2-9H,1H3. The third-order valence-electron chi connectivity index (χ3n) is 3.49. The van der Waals surface area contributed by atoms with Gasteiger partial charge >= 0.3 is 6.18 Å². The van der Waals surface area contributed by atoms with Crippen molar-refractivity contribution in [3.8, 4) is 16.9 Å². The van der Waals surface area contributed by atoms with Crippen molar-refractivity contribution in [2.45, 2.75) is 13.1 Å². The van der Waals surface area contributed by atoms with E-state index in [0.29, 0.717) is 22.0 Å².